The molecule has 1 aromatic heterocycles. The Morgan fingerprint density at radius 2 is 2.12 bits per heavy atom. The van der Waals surface area contributed by atoms with E-state index in [2.05, 4.69) is 4.98 Å². The predicted octanol–water partition coefficient (Wildman–Crippen LogP) is 2.62. The number of nitrogens with zero attached hydrogens (tertiary/aromatic N) is 1. The van der Waals surface area contributed by atoms with Gasteiger partial charge in [-0.25, -0.2) is 0 Å². The van der Waals surface area contributed by atoms with Crippen molar-refractivity contribution in [1.29, 1.82) is 0 Å². The minimum atomic E-state index is -0.550. The summed E-state index contributed by atoms with van der Waals surface area (Å²) in [5, 5.41) is 11.1. The molecule has 2 rings (SSSR count). The number of carbonyl (C=O) groups excluding carboxylic acids is 1. The van der Waals surface area contributed by atoms with Crippen LogP contribution in [0.1, 0.15) is 23.0 Å². The third kappa shape index (κ3) is 2.08. The zero-order chi connectivity index (χ0) is 12.4. The van der Waals surface area contributed by atoms with Gasteiger partial charge in [0.1, 0.15) is 0 Å². The fourth-order valence-corrected chi connectivity index (χ4v) is 1.75. The van der Waals surface area contributed by atoms with Gasteiger partial charge in [0.2, 0.25) is 6.20 Å². The van der Waals surface area contributed by atoms with E-state index >= 15 is 0 Å². The highest BCUT2D eigenvalue weighted by Gasteiger charge is 2.12. The molecular formula is C12H10N2O3. The Kier molecular flexibility index (Phi) is 2.74. The second-order valence-electron chi connectivity index (χ2n) is 3.62. The Morgan fingerprint density at radius 1 is 1.41 bits per heavy atom. The van der Waals surface area contributed by atoms with Gasteiger partial charge < -0.3 is 4.98 Å². The lowest BCUT2D eigenvalue weighted by atomic mass is 10.1. The molecule has 0 aliphatic heterocycles. The van der Waals surface area contributed by atoms with Gasteiger partial charge in [-0.3, -0.25) is 14.9 Å². The topological polar surface area (TPSA) is 76.0 Å². The third-order valence-corrected chi connectivity index (χ3v) is 2.46. The minimum Gasteiger partial charge on any atom is -0.352 e. The molecule has 1 heterocycles. The molecule has 0 bridgehead atoms. The molecule has 0 spiro atoms. The molecule has 0 saturated heterocycles. The zero-order valence-electron chi connectivity index (χ0n) is 9.14. The summed E-state index contributed by atoms with van der Waals surface area (Å²) >= 11 is 0. The van der Waals surface area contributed by atoms with Crippen molar-refractivity contribution in [2.24, 2.45) is 0 Å². The molecule has 5 heteroatoms. The molecule has 1 aromatic carbocycles. The van der Waals surface area contributed by atoms with Gasteiger partial charge in [-0.2, -0.15) is 0 Å². The van der Waals surface area contributed by atoms with Crippen molar-refractivity contribution in [3.8, 4) is 0 Å². The van der Waals surface area contributed by atoms with Crippen LogP contribution in [0.15, 0.2) is 30.5 Å². The Labute approximate surface area is 96.9 Å². The number of nitrogens with one attached hydrogen (secondary N) is 1. The quantitative estimate of drug-likeness (QED) is 0.500. The molecule has 0 fully saturated rings. The minimum absolute atomic E-state index is 0.149. The largest absolute Gasteiger partial charge is 0.352 e. The molecule has 86 valence electrons. The number of carbonyl (C=O) groups is 1. The molecule has 1 N–H and O–H groups in total. The smallest absolute Gasteiger partial charge is 0.235 e. The predicted molar refractivity (Wildman–Crippen MR) is 64.3 cm³/mol. The number of aromatic amines is 1. The molecule has 2 aromatic rings. The van der Waals surface area contributed by atoms with Crippen molar-refractivity contribution < 1.29 is 9.72 Å². The lowest BCUT2D eigenvalue weighted by Gasteiger charge is -1.92. The van der Waals surface area contributed by atoms with E-state index in [1.54, 1.807) is 0 Å². The number of fused-ring (bicyclic) bond motifs is 1. The summed E-state index contributed by atoms with van der Waals surface area (Å²) in [7, 11) is 0. The van der Waals surface area contributed by atoms with Crippen LogP contribution in [0, 0.1) is 10.1 Å². The summed E-state index contributed by atoms with van der Waals surface area (Å²) in [6.45, 7) is 1.42. The van der Waals surface area contributed by atoms with E-state index in [0.717, 1.165) is 17.1 Å². The summed E-state index contributed by atoms with van der Waals surface area (Å²) in [5.41, 5.74) is 1.75. The number of para-hydroxylation sites is 1. The van der Waals surface area contributed by atoms with Crippen molar-refractivity contribution in [1.82, 2.24) is 4.98 Å². The Hall–Kier alpha value is -2.43. The Balaban J connectivity index is 2.68. The molecule has 0 atom stereocenters. The maximum Gasteiger partial charge on any atom is 0.235 e. The van der Waals surface area contributed by atoms with E-state index in [1.165, 1.54) is 13.0 Å². The molecule has 0 unspecified atom stereocenters. The molecule has 5 nitrogen and oxygen atoms in total. The van der Waals surface area contributed by atoms with Crippen LogP contribution >= 0.6 is 0 Å². The van der Waals surface area contributed by atoms with Gasteiger partial charge in [0.15, 0.2) is 5.78 Å². The van der Waals surface area contributed by atoms with Gasteiger partial charge >= 0.3 is 0 Å². The molecule has 0 aliphatic rings. The van der Waals surface area contributed by atoms with Crippen LogP contribution in [0.3, 0.4) is 0 Å². The number of ketones is 1. The first-order valence-electron chi connectivity index (χ1n) is 5.03. The lowest BCUT2D eigenvalue weighted by molar-refractivity contribution is -0.400. The van der Waals surface area contributed by atoms with E-state index in [-0.39, 0.29) is 5.78 Å². The van der Waals surface area contributed by atoms with Crippen LogP contribution in [0.25, 0.3) is 17.0 Å². The molecule has 0 radical (unpaired) electrons. The summed E-state index contributed by atoms with van der Waals surface area (Å²) in [4.78, 5) is 24.2. The first-order valence-corrected chi connectivity index (χ1v) is 5.03. The molecule has 0 saturated carbocycles. The van der Waals surface area contributed by atoms with E-state index in [1.807, 2.05) is 24.3 Å². The number of Topliss-reactive ketones (excluding diaryl/α,β-unsaturated/α-hetero) is 1. The monoisotopic (exact) mass is 230 g/mol. The van der Waals surface area contributed by atoms with Crippen LogP contribution in [0.5, 0.6) is 0 Å². The SMILES string of the molecule is CC(=O)c1[nH]c2ccccc2c1C=C[N+](=O)[O-]. The van der Waals surface area contributed by atoms with Gasteiger partial charge in [-0.1, -0.05) is 18.2 Å². The third-order valence-electron chi connectivity index (χ3n) is 2.46. The lowest BCUT2D eigenvalue weighted by Crippen LogP contribution is -1.94. The van der Waals surface area contributed by atoms with Gasteiger partial charge in [0, 0.05) is 29.5 Å². The first-order chi connectivity index (χ1) is 8.09. The number of aromatic nitrogens is 1. The van der Waals surface area contributed by atoms with Crippen LogP contribution in [0.4, 0.5) is 0 Å². The van der Waals surface area contributed by atoms with Crippen LogP contribution in [0.2, 0.25) is 0 Å². The fraction of sp³-hybridized carbons (Fsp3) is 0.0833. The van der Waals surface area contributed by atoms with Crippen LogP contribution < -0.4 is 0 Å². The van der Waals surface area contributed by atoms with Gasteiger partial charge in [-0.05, 0) is 6.07 Å². The van der Waals surface area contributed by atoms with E-state index in [4.69, 9.17) is 0 Å². The first kappa shape index (κ1) is 11.1. The molecule has 0 amide bonds. The number of rotatable bonds is 3. The van der Waals surface area contributed by atoms with Crippen molar-refractivity contribution in [2.45, 2.75) is 6.92 Å². The van der Waals surface area contributed by atoms with Gasteiger partial charge in [0.25, 0.3) is 0 Å². The summed E-state index contributed by atoms with van der Waals surface area (Å²) < 4.78 is 0. The van der Waals surface area contributed by atoms with Crippen LogP contribution in [-0.2, 0) is 0 Å². The number of nitro groups is 1. The summed E-state index contributed by atoms with van der Waals surface area (Å²) in [6, 6.07) is 7.30. The van der Waals surface area contributed by atoms with Gasteiger partial charge in [0.05, 0.1) is 10.6 Å². The molecule has 0 aliphatic carbocycles. The maximum atomic E-state index is 11.4. The second kappa shape index (κ2) is 4.21. The zero-order valence-corrected chi connectivity index (χ0v) is 9.14. The normalized spacial score (nSPS) is 11.1. The number of benzene rings is 1. The van der Waals surface area contributed by atoms with E-state index in [0.29, 0.717) is 11.3 Å². The average Bonchev–Trinajstić information content (AvgIpc) is 2.65. The molecular weight excluding hydrogens is 220 g/mol. The standard InChI is InChI=1S/C12H10N2O3/c1-8(15)12-10(6-7-14(16)17)9-4-2-3-5-11(9)13-12/h2-7,13H,1H3. The maximum absolute atomic E-state index is 11.4. The van der Waals surface area contributed by atoms with E-state index < -0.39 is 4.92 Å². The number of H-pyrrole nitrogens is 1. The van der Waals surface area contributed by atoms with Crippen molar-refractivity contribution in [2.75, 3.05) is 0 Å². The summed E-state index contributed by atoms with van der Waals surface area (Å²) in [5.74, 6) is -0.149. The van der Waals surface area contributed by atoms with Crippen LogP contribution in [-0.4, -0.2) is 15.7 Å². The van der Waals surface area contributed by atoms with Crippen molar-refractivity contribution >= 4 is 22.8 Å². The van der Waals surface area contributed by atoms with E-state index in [9.17, 15) is 14.9 Å². The Bertz CT molecular complexity index is 626. The van der Waals surface area contributed by atoms with Gasteiger partial charge in [-0.15, -0.1) is 0 Å². The second-order valence-corrected chi connectivity index (χ2v) is 3.62. The highest BCUT2D eigenvalue weighted by atomic mass is 16.6. The molecule has 17 heavy (non-hydrogen) atoms. The highest BCUT2D eigenvalue weighted by Crippen LogP contribution is 2.24. The average molecular weight is 230 g/mol. The number of hydrogen-bond donors (Lipinski definition) is 1. The summed E-state index contributed by atoms with van der Waals surface area (Å²) in [6.07, 6.45) is 2.18. The number of hydrogen-bond acceptors (Lipinski definition) is 3. The van der Waals surface area contributed by atoms with Crippen molar-refractivity contribution in [3.05, 3.63) is 51.8 Å². The van der Waals surface area contributed by atoms with Crippen molar-refractivity contribution in [3.63, 3.8) is 0 Å². The highest BCUT2D eigenvalue weighted by molar-refractivity contribution is 6.04. The Morgan fingerprint density at radius 3 is 2.76 bits per heavy atom. The fourth-order valence-electron chi connectivity index (χ4n) is 1.75.